The normalized spacial score (nSPS) is 26.1. The van der Waals surface area contributed by atoms with Crippen molar-refractivity contribution in [3.05, 3.63) is 5.21 Å². The Labute approximate surface area is 51.2 Å². The van der Waals surface area contributed by atoms with E-state index in [0.717, 1.165) is 16.6 Å². The number of hydroxylamine groups is 2. The molecule has 0 aromatic rings. The lowest BCUT2D eigenvalue weighted by Gasteiger charge is -2.32. The Hall–Kier alpha value is 0.0700. The van der Waals surface area contributed by atoms with Gasteiger partial charge < -0.3 is 10.3 Å². The highest BCUT2D eigenvalue weighted by Gasteiger charge is 2.02. The van der Waals surface area contributed by atoms with E-state index in [2.05, 4.69) is 0 Å². The van der Waals surface area contributed by atoms with Crippen LogP contribution in [0.15, 0.2) is 0 Å². The smallest absolute Gasteiger partial charge is 0.0158 e. The first-order chi connectivity index (χ1) is 3.79. The Morgan fingerprint density at radius 3 is 2.25 bits per heavy atom. The van der Waals surface area contributed by atoms with Crippen LogP contribution in [0.3, 0.4) is 0 Å². The molecule has 0 saturated carbocycles. The van der Waals surface area contributed by atoms with Gasteiger partial charge in [0.1, 0.15) is 0 Å². The zero-order valence-electron chi connectivity index (χ0n) is 4.59. The SMILES string of the molecule is N=S1CCN([O-])CC1. The summed E-state index contributed by atoms with van der Waals surface area (Å²) in [5.74, 6) is 1.56. The third-order valence-corrected chi connectivity index (χ3v) is 2.52. The van der Waals surface area contributed by atoms with E-state index >= 15 is 0 Å². The maximum Gasteiger partial charge on any atom is 0.0158 e. The van der Waals surface area contributed by atoms with Crippen molar-refractivity contribution in [1.29, 1.82) is 4.78 Å². The second-order valence-electron chi connectivity index (χ2n) is 1.83. The van der Waals surface area contributed by atoms with Crippen LogP contribution in [-0.2, 0) is 10.7 Å². The van der Waals surface area contributed by atoms with Gasteiger partial charge in [-0.25, -0.2) is 0 Å². The minimum absolute atomic E-state index is 0.203. The van der Waals surface area contributed by atoms with Crippen LogP contribution < -0.4 is 0 Å². The topological polar surface area (TPSA) is 50.2 Å². The van der Waals surface area contributed by atoms with Crippen LogP contribution >= 0.6 is 0 Å². The van der Waals surface area contributed by atoms with Crippen LogP contribution in [0.5, 0.6) is 0 Å². The first-order valence-corrected chi connectivity index (χ1v) is 4.16. The van der Waals surface area contributed by atoms with Gasteiger partial charge in [0, 0.05) is 11.5 Å². The van der Waals surface area contributed by atoms with Gasteiger partial charge >= 0.3 is 0 Å². The first kappa shape index (κ1) is 6.19. The molecule has 1 aliphatic rings. The van der Waals surface area contributed by atoms with Crippen molar-refractivity contribution >= 4 is 10.7 Å². The fraction of sp³-hybridized carbons (Fsp3) is 1.00. The van der Waals surface area contributed by atoms with E-state index in [1.807, 2.05) is 0 Å². The molecule has 0 radical (unpaired) electrons. The second kappa shape index (κ2) is 2.57. The van der Waals surface area contributed by atoms with E-state index in [1.54, 1.807) is 0 Å². The fourth-order valence-corrected chi connectivity index (χ4v) is 1.69. The molecule has 0 aromatic carbocycles. The van der Waals surface area contributed by atoms with E-state index in [4.69, 9.17) is 4.78 Å². The summed E-state index contributed by atoms with van der Waals surface area (Å²) in [4.78, 5) is 0. The predicted octanol–water partition coefficient (Wildman–Crippen LogP) is 0.180. The number of nitrogens with zero attached hydrogens (tertiary/aromatic N) is 1. The molecule has 1 heterocycles. The van der Waals surface area contributed by atoms with Gasteiger partial charge in [0.15, 0.2) is 0 Å². The number of hydrogen-bond acceptors (Lipinski definition) is 3. The van der Waals surface area contributed by atoms with Crippen molar-refractivity contribution in [2.75, 3.05) is 24.6 Å². The Bertz CT molecular complexity index is 96.2. The van der Waals surface area contributed by atoms with Gasteiger partial charge in [0.25, 0.3) is 0 Å². The molecule has 1 saturated heterocycles. The monoisotopic (exact) mass is 133 g/mol. The number of nitrogens with one attached hydrogen (secondary N) is 1. The Morgan fingerprint density at radius 1 is 1.38 bits per heavy atom. The van der Waals surface area contributed by atoms with E-state index in [-0.39, 0.29) is 10.7 Å². The molecule has 1 fully saturated rings. The van der Waals surface area contributed by atoms with Crippen molar-refractivity contribution < 1.29 is 0 Å². The van der Waals surface area contributed by atoms with Crippen molar-refractivity contribution in [2.45, 2.75) is 0 Å². The molecule has 0 aromatic heterocycles. The summed E-state index contributed by atoms with van der Waals surface area (Å²) in [6, 6.07) is 0. The molecular weight excluding hydrogens is 124 g/mol. The fourth-order valence-electron chi connectivity index (χ4n) is 0.638. The van der Waals surface area contributed by atoms with Gasteiger partial charge in [0.2, 0.25) is 0 Å². The third-order valence-electron chi connectivity index (χ3n) is 1.17. The molecule has 1 rings (SSSR count). The Balaban J connectivity index is 2.29. The van der Waals surface area contributed by atoms with Crippen molar-refractivity contribution in [2.24, 2.45) is 0 Å². The van der Waals surface area contributed by atoms with Gasteiger partial charge in [-0.3, -0.25) is 4.78 Å². The highest BCUT2D eigenvalue weighted by molar-refractivity contribution is 7.86. The zero-order chi connectivity index (χ0) is 5.98. The molecule has 4 heteroatoms. The van der Waals surface area contributed by atoms with E-state index in [9.17, 15) is 5.21 Å². The highest BCUT2D eigenvalue weighted by Crippen LogP contribution is 1.96. The lowest BCUT2D eigenvalue weighted by molar-refractivity contribution is 0.417. The number of hydrogen-bond donors (Lipinski definition) is 1. The molecule has 0 aliphatic carbocycles. The van der Waals surface area contributed by atoms with Gasteiger partial charge in [0.05, 0.1) is 0 Å². The van der Waals surface area contributed by atoms with Gasteiger partial charge in [-0.05, 0) is 13.1 Å². The molecule has 0 bridgehead atoms. The summed E-state index contributed by atoms with van der Waals surface area (Å²) in [7, 11) is -0.203. The zero-order valence-corrected chi connectivity index (χ0v) is 5.41. The largest absolute Gasteiger partial charge is 0.785 e. The van der Waals surface area contributed by atoms with Crippen molar-refractivity contribution in [3.8, 4) is 0 Å². The third kappa shape index (κ3) is 1.54. The summed E-state index contributed by atoms with van der Waals surface area (Å²) in [6.07, 6.45) is 0. The molecule has 0 unspecified atom stereocenters. The summed E-state index contributed by atoms with van der Waals surface area (Å²) in [5.41, 5.74) is 0. The molecular formula is C4H9N2OS-. The maximum atomic E-state index is 10.4. The van der Waals surface area contributed by atoms with Crippen LogP contribution in [0.4, 0.5) is 0 Å². The summed E-state index contributed by atoms with van der Waals surface area (Å²) in [6.45, 7) is 1.15. The van der Waals surface area contributed by atoms with E-state index < -0.39 is 0 Å². The molecule has 1 aliphatic heterocycles. The van der Waals surface area contributed by atoms with Gasteiger partial charge in [-0.15, -0.1) is 10.7 Å². The molecule has 1 N–H and O–H groups in total. The van der Waals surface area contributed by atoms with Crippen molar-refractivity contribution in [1.82, 2.24) is 5.06 Å². The lowest BCUT2D eigenvalue weighted by atomic mass is 10.6. The van der Waals surface area contributed by atoms with Crippen LogP contribution in [0.25, 0.3) is 0 Å². The molecule has 48 valence electrons. The molecule has 8 heavy (non-hydrogen) atoms. The summed E-state index contributed by atoms with van der Waals surface area (Å²) in [5, 5.41) is 11.5. The molecule has 0 spiro atoms. The first-order valence-electron chi connectivity index (χ1n) is 2.60. The number of rotatable bonds is 0. The highest BCUT2D eigenvalue weighted by atomic mass is 32.2. The van der Waals surface area contributed by atoms with Crippen LogP contribution in [0.2, 0.25) is 0 Å². The standard InChI is InChI=1S/C4H9N2OS/c5-8-3-1-6(7)2-4-8/h5H,1-4H2/q-1. The second-order valence-corrected chi connectivity index (χ2v) is 3.63. The average Bonchev–Trinajstić information content (AvgIpc) is 1.77. The lowest BCUT2D eigenvalue weighted by Crippen LogP contribution is -2.32. The predicted molar refractivity (Wildman–Crippen MR) is 34.8 cm³/mol. The minimum atomic E-state index is -0.203. The quantitative estimate of drug-likeness (QED) is 0.512. The average molecular weight is 133 g/mol. The van der Waals surface area contributed by atoms with Gasteiger partial charge in [-0.2, -0.15) is 0 Å². The van der Waals surface area contributed by atoms with Crippen molar-refractivity contribution in [3.63, 3.8) is 0 Å². The molecule has 0 atom stereocenters. The summed E-state index contributed by atoms with van der Waals surface area (Å²) >= 11 is 0. The minimum Gasteiger partial charge on any atom is -0.785 e. The maximum absolute atomic E-state index is 10.4. The molecule has 3 nitrogen and oxygen atoms in total. The molecule has 0 amide bonds. The van der Waals surface area contributed by atoms with E-state index in [1.165, 1.54) is 0 Å². The van der Waals surface area contributed by atoms with Crippen LogP contribution in [-0.4, -0.2) is 29.7 Å². The Kier molecular flexibility index (Phi) is 1.99. The summed E-state index contributed by atoms with van der Waals surface area (Å²) < 4.78 is 7.22. The van der Waals surface area contributed by atoms with Crippen LogP contribution in [0.1, 0.15) is 0 Å². The Morgan fingerprint density at radius 2 is 1.88 bits per heavy atom. The van der Waals surface area contributed by atoms with Gasteiger partial charge in [-0.1, -0.05) is 0 Å². The van der Waals surface area contributed by atoms with E-state index in [0.29, 0.717) is 13.1 Å². The van der Waals surface area contributed by atoms with Crippen LogP contribution in [0, 0.1) is 9.99 Å².